The molecule has 0 radical (unpaired) electrons. The van der Waals surface area contributed by atoms with Crippen molar-refractivity contribution in [3.63, 3.8) is 0 Å². The Bertz CT molecular complexity index is 1160. The summed E-state index contributed by atoms with van der Waals surface area (Å²) in [4.78, 5) is 4.70. The van der Waals surface area contributed by atoms with Gasteiger partial charge in [0.05, 0.1) is 5.56 Å². The molecule has 0 bridgehead atoms. The van der Waals surface area contributed by atoms with Gasteiger partial charge in [0.1, 0.15) is 11.6 Å². The lowest BCUT2D eigenvalue weighted by Gasteiger charge is -2.30. The van der Waals surface area contributed by atoms with Crippen molar-refractivity contribution >= 4 is 5.57 Å². The first-order valence-electron chi connectivity index (χ1n) is 12.6. The highest BCUT2D eigenvalue weighted by Crippen LogP contribution is 2.32. The van der Waals surface area contributed by atoms with Crippen molar-refractivity contribution in [1.29, 1.82) is 0 Å². The van der Waals surface area contributed by atoms with Crippen LogP contribution < -0.4 is 0 Å². The second kappa shape index (κ2) is 12.0. The van der Waals surface area contributed by atoms with Gasteiger partial charge in [-0.05, 0) is 91.5 Å². The zero-order valence-electron chi connectivity index (χ0n) is 20.8. The largest absolute Gasteiger partial charge is 0.416 e. The molecule has 37 heavy (non-hydrogen) atoms. The van der Waals surface area contributed by atoms with E-state index in [1.54, 1.807) is 24.3 Å². The quantitative estimate of drug-likeness (QED) is 0.272. The van der Waals surface area contributed by atoms with Crippen LogP contribution in [0.5, 0.6) is 0 Å². The molecule has 3 aromatic carbocycles. The number of likely N-dealkylation sites (tertiary alicyclic amines) is 1. The molecule has 0 saturated carbocycles. The lowest BCUT2D eigenvalue weighted by molar-refractivity contribution is -0.137. The van der Waals surface area contributed by atoms with Crippen molar-refractivity contribution in [2.45, 2.75) is 32.0 Å². The van der Waals surface area contributed by atoms with Gasteiger partial charge >= 0.3 is 6.18 Å². The first-order chi connectivity index (χ1) is 17.7. The van der Waals surface area contributed by atoms with E-state index in [1.165, 1.54) is 49.2 Å². The average molecular weight is 515 g/mol. The SMILES string of the molecule is C[C@H](c1ccc(F)cc1)N(C/C=C(/c1ccc(F)cc1)c1ccc(C(F)(F)F)cc1)CCN1CCCC1. The predicted molar refractivity (Wildman–Crippen MR) is 137 cm³/mol. The molecule has 1 saturated heterocycles. The van der Waals surface area contributed by atoms with E-state index in [2.05, 4.69) is 16.7 Å². The van der Waals surface area contributed by atoms with Gasteiger partial charge in [0, 0.05) is 25.7 Å². The van der Waals surface area contributed by atoms with E-state index in [9.17, 15) is 22.0 Å². The fraction of sp³-hybridized carbons (Fsp3) is 0.333. The molecular formula is C30H31F5N2. The standard InChI is InChI=1S/C30H31F5N2/c1-22(23-6-12-27(31)13-7-23)37(21-20-36-17-2-3-18-36)19-16-29(25-8-14-28(32)15-9-25)24-4-10-26(11-5-24)30(33,34)35/h4-16,22H,2-3,17-21H2,1H3/b29-16+/t22-/m1/s1. The number of halogens is 5. The van der Waals surface area contributed by atoms with E-state index in [0.29, 0.717) is 12.1 Å². The average Bonchev–Trinajstić information content (AvgIpc) is 3.40. The van der Waals surface area contributed by atoms with E-state index < -0.39 is 11.7 Å². The van der Waals surface area contributed by atoms with Crippen LogP contribution in [0.25, 0.3) is 5.57 Å². The lowest BCUT2D eigenvalue weighted by Crippen LogP contribution is -2.35. The molecule has 0 spiro atoms. The normalized spacial score (nSPS) is 15.9. The number of alkyl halides is 3. The molecule has 0 amide bonds. The van der Waals surface area contributed by atoms with Gasteiger partial charge in [-0.3, -0.25) is 4.90 Å². The Balaban J connectivity index is 1.64. The van der Waals surface area contributed by atoms with Crippen LogP contribution in [0.4, 0.5) is 22.0 Å². The molecule has 0 N–H and O–H groups in total. The highest BCUT2D eigenvalue weighted by atomic mass is 19.4. The van der Waals surface area contributed by atoms with Gasteiger partial charge < -0.3 is 4.90 Å². The molecule has 1 aliphatic rings. The van der Waals surface area contributed by atoms with Gasteiger partial charge in [-0.2, -0.15) is 13.2 Å². The molecule has 0 unspecified atom stereocenters. The highest BCUT2D eigenvalue weighted by molar-refractivity contribution is 5.80. The van der Waals surface area contributed by atoms with E-state index in [-0.39, 0.29) is 17.7 Å². The molecule has 1 atom stereocenters. The van der Waals surface area contributed by atoms with Crippen LogP contribution in [0.2, 0.25) is 0 Å². The topological polar surface area (TPSA) is 6.48 Å². The first kappa shape index (κ1) is 27.0. The zero-order chi connectivity index (χ0) is 26.4. The van der Waals surface area contributed by atoms with Crippen molar-refractivity contribution in [2.75, 3.05) is 32.7 Å². The molecule has 0 aromatic heterocycles. The monoisotopic (exact) mass is 514 g/mol. The summed E-state index contributed by atoms with van der Waals surface area (Å²) in [6.07, 6.45) is -0.0544. The van der Waals surface area contributed by atoms with E-state index in [4.69, 9.17) is 0 Å². The van der Waals surface area contributed by atoms with Gasteiger partial charge in [-0.1, -0.05) is 42.5 Å². The predicted octanol–water partition coefficient (Wildman–Crippen LogP) is 7.57. The fourth-order valence-electron chi connectivity index (χ4n) is 4.75. The summed E-state index contributed by atoms with van der Waals surface area (Å²) in [5.41, 5.74) is 2.33. The van der Waals surface area contributed by atoms with Crippen molar-refractivity contribution in [3.05, 3.63) is 113 Å². The van der Waals surface area contributed by atoms with Crippen LogP contribution in [0.1, 0.15) is 48.1 Å². The molecule has 196 valence electrons. The minimum Gasteiger partial charge on any atom is -0.302 e. The molecule has 7 heteroatoms. The molecule has 1 aliphatic heterocycles. The Morgan fingerprint density at radius 2 is 1.35 bits per heavy atom. The molecule has 1 fully saturated rings. The molecule has 1 heterocycles. The van der Waals surface area contributed by atoms with Crippen LogP contribution in [0.3, 0.4) is 0 Å². The number of nitrogens with zero attached hydrogens (tertiary/aromatic N) is 2. The van der Waals surface area contributed by atoms with Gasteiger partial charge in [-0.25, -0.2) is 8.78 Å². The van der Waals surface area contributed by atoms with Crippen LogP contribution in [-0.4, -0.2) is 42.5 Å². The third-order valence-corrected chi connectivity index (χ3v) is 7.01. The van der Waals surface area contributed by atoms with Gasteiger partial charge in [0.2, 0.25) is 0 Å². The summed E-state index contributed by atoms with van der Waals surface area (Å²) in [7, 11) is 0. The summed E-state index contributed by atoms with van der Waals surface area (Å²) >= 11 is 0. The number of hydrogen-bond donors (Lipinski definition) is 0. The maximum atomic E-state index is 13.6. The minimum absolute atomic E-state index is 0.0125. The third-order valence-electron chi connectivity index (χ3n) is 7.01. The third kappa shape index (κ3) is 7.27. The maximum Gasteiger partial charge on any atom is 0.416 e. The summed E-state index contributed by atoms with van der Waals surface area (Å²) in [5, 5.41) is 0. The van der Waals surface area contributed by atoms with E-state index in [0.717, 1.165) is 55.0 Å². The Morgan fingerprint density at radius 1 is 0.838 bits per heavy atom. The number of rotatable bonds is 9. The zero-order valence-corrected chi connectivity index (χ0v) is 20.8. The summed E-state index contributed by atoms with van der Waals surface area (Å²) in [5.74, 6) is -0.673. The second-order valence-corrected chi connectivity index (χ2v) is 9.47. The van der Waals surface area contributed by atoms with Crippen LogP contribution >= 0.6 is 0 Å². The Morgan fingerprint density at radius 3 is 1.89 bits per heavy atom. The Hall–Kier alpha value is -3.03. The highest BCUT2D eigenvalue weighted by Gasteiger charge is 2.30. The number of benzene rings is 3. The van der Waals surface area contributed by atoms with Crippen molar-refractivity contribution in [3.8, 4) is 0 Å². The van der Waals surface area contributed by atoms with Gasteiger partial charge in [0.15, 0.2) is 0 Å². The first-order valence-corrected chi connectivity index (χ1v) is 12.6. The van der Waals surface area contributed by atoms with Crippen molar-refractivity contribution in [2.24, 2.45) is 0 Å². The fourth-order valence-corrected chi connectivity index (χ4v) is 4.75. The van der Waals surface area contributed by atoms with Crippen molar-refractivity contribution in [1.82, 2.24) is 9.80 Å². The number of hydrogen-bond acceptors (Lipinski definition) is 2. The lowest BCUT2D eigenvalue weighted by atomic mass is 9.96. The van der Waals surface area contributed by atoms with Crippen LogP contribution in [0.15, 0.2) is 78.9 Å². The summed E-state index contributed by atoms with van der Waals surface area (Å²) < 4.78 is 66.6. The van der Waals surface area contributed by atoms with Gasteiger partial charge in [-0.15, -0.1) is 0 Å². The van der Waals surface area contributed by atoms with Crippen LogP contribution in [0, 0.1) is 11.6 Å². The molecule has 3 aromatic rings. The van der Waals surface area contributed by atoms with E-state index in [1.807, 2.05) is 6.08 Å². The Labute approximate surface area is 215 Å². The van der Waals surface area contributed by atoms with Crippen molar-refractivity contribution < 1.29 is 22.0 Å². The molecule has 0 aliphatic carbocycles. The molecule has 2 nitrogen and oxygen atoms in total. The minimum atomic E-state index is -4.42. The van der Waals surface area contributed by atoms with E-state index >= 15 is 0 Å². The van der Waals surface area contributed by atoms with Crippen LogP contribution in [-0.2, 0) is 6.18 Å². The smallest absolute Gasteiger partial charge is 0.302 e. The second-order valence-electron chi connectivity index (χ2n) is 9.47. The van der Waals surface area contributed by atoms with Gasteiger partial charge in [0.25, 0.3) is 0 Å². The maximum absolute atomic E-state index is 13.6. The summed E-state index contributed by atoms with van der Waals surface area (Å²) in [6, 6.07) is 17.5. The molecular weight excluding hydrogens is 483 g/mol. The Kier molecular flexibility index (Phi) is 8.77. The molecule has 4 rings (SSSR count). The summed E-state index contributed by atoms with van der Waals surface area (Å²) in [6.45, 7) is 6.40.